The SMILES string of the molecule is CCCC(C)N(C(=O)C(C)(C)CC)c1ccc(F)c(C)c1. The molecule has 1 unspecified atom stereocenters. The number of carbonyl (C=O) groups excluding carboxylic acids is 1. The second kappa shape index (κ2) is 7.06. The fourth-order valence-electron chi connectivity index (χ4n) is 2.37. The van der Waals surface area contributed by atoms with Crippen molar-refractivity contribution in [2.24, 2.45) is 5.41 Å². The van der Waals surface area contributed by atoms with Gasteiger partial charge >= 0.3 is 0 Å². The quantitative estimate of drug-likeness (QED) is 0.715. The Hall–Kier alpha value is -1.38. The van der Waals surface area contributed by atoms with Crippen molar-refractivity contribution in [2.45, 2.75) is 66.8 Å². The van der Waals surface area contributed by atoms with Gasteiger partial charge in [0.25, 0.3) is 0 Å². The lowest BCUT2D eigenvalue weighted by molar-refractivity contribution is -0.127. The summed E-state index contributed by atoms with van der Waals surface area (Å²) in [6, 6.07) is 5.03. The van der Waals surface area contributed by atoms with Crippen LogP contribution in [0.1, 0.15) is 59.4 Å². The first-order valence-electron chi connectivity index (χ1n) is 7.84. The molecule has 0 radical (unpaired) electrons. The maximum atomic E-state index is 13.5. The predicted octanol–water partition coefficient (Wildman–Crippen LogP) is 5.09. The number of carbonyl (C=O) groups is 1. The van der Waals surface area contributed by atoms with Crippen LogP contribution in [0.4, 0.5) is 10.1 Å². The Bertz CT molecular complexity index is 496. The van der Waals surface area contributed by atoms with Gasteiger partial charge in [-0.3, -0.25) is 4.79 Å². The van der Waals surface area contributed by atoms with Crippen LogP contribution in [0.25, 0.3) is 0 Å². The molecule has 1 aromatic carbocycles. The Morgan fingerprint density at radius 1 is 1.33 bits per heavy atom. The van der Waals surface area contributed by atoms with E-state index in [1.165, 1.54) is 6.07 Å². The smallest absolute Gasteiger partial charge is 0.232 e. The summed E-state index contributed by atoms with van der Waals surface area (Å²) in [5.41, 5.74) is 0.953. The minimum absolute atomic E-state index is 0.108. The molecule has 1 rings (SSSR count). The first-order chi connectivity index (χ1) is 9.74. The maximum absolute atomic E-state index is 13.5. The van der Waals surface area contributed by atoms with Gasteiger partial charge in [-0.1, -0.05) is 34.1 Å². The van der Waals surface area contributed by atoms with Crippen LogP contribution in [-0.2, 0) is 4.79 Å². The third kappa shape index (κ3) is 4.05. The highest BCUT2D eigenvalue weighted by Crippen LogP contribution is 2.30. The largest absolute Gasteiger partial charge is 0.309 e. The number of anilines is 1. The van der Waals surface area contributed by atoms with Crippen molar-refractivity contribution in [3.63, 3.8) is 0 Å². The molecule has 118 valence electrons. The zero-order chi connectivity index (χ0) is 16.2. The van der Waals surface area contributed by atoms with E-state index in [9.17, 15) is 9.18 Å². The van der Waals surface area contributed by atoms with Crippen LogP contribution in [0, 0.1) is 18.2 Å². The molecule has 1 atom stereocenters. The van der Waals surface area contributed by atoms with E-state index in [0.29, 0.717) is 5.56 Å². The van der Waals surface area contributed by atoms with E-state index in [1.54, 1.807) is 19.1 Å². The standard InChI is InChI=1S/C18H28FNO/c1-7-9-14(4)20(17(21)18(5,6)8-2)15-10-11-16(19)13(3)12-15/h10-12,14H,7-9H2,1-6H3. The maximum Gasteiger partial charge on any atom is 0.232 e. The van der Waals surface area contributed by atoms with E-state index in [2.05, 4.69) is 13.8 Å². The fourth-order valence-corrected chi connectivity index (χ4v) is 2.37. The monoisotopic (exact) mass is 293 g/mol. The molecule has 1 aromatic rings. The first kappa shape index (κ1) is 17.7. The van der Waals surface area contributed by atoms with Crippen LogP contribution in [0.5, 0.6) is 0 Å². The number of amides is 1. The molecule has 1 amide bonds. The number of nitrogens with zero attached hydrogens (tertiary/aromatic N) is 1. The Balaban J connectivity index is 3.25. The van der Waals surface area contributed by atoms with E-state index in [0.717, 1.165) is 24.9 Å². The molecule has 0 fully saturated rings. The van der Waals surface area contributed by atoms with Gasteiger partial charge in [0.2, 0.25) is 5.91 Å². The summed E-state index contributed by atoms with van der Waals surface area (Å²) < 4.78 is 13.5. The average molecular weight is 293 g/mol. The molecule has 2 nitrogen and oxygen atoms in total. The molecular weight excluding hydrogens is 265 g/mol. The van der Waals surface area contributed by atoms with Crippen molar-refractivity contribution in [1.82, 2.24) is 0 Å². The van der Waals surface area contributed by atoms with Crippen molar-refractivity contribution in [1.29, 1.82) is 0 Å². The van der Waals surface area contributed by atoms with Gasteiger partial charge in [-0.25, -0.2) is 4.39 Å². The van der Waals surface area contributed by atoms with Gasteiger partial charge in [-0.15, -0.1) is 0 Å². The van der Waals surface area contributed by atoms with Crippen molar-refractivity contribution < 1.29 is 9.18 Å². The molecule has 0 aliphatic carbocycles. The first-order valence-corrected chi connectivity index (χ1v) is 7.84. The topological polar surface area (TPSA) is 20.3 Å². The lowest BCUT2D eigenvalue weighted by Crippen LogP contribution is -2.46. The molecule has 0 aliphatic heterocycles. The molecule has 0 spiro atoms. The Kier molecular flexibility index (Phi) is 5.94. The highest BCUT2D eigenvalue weighted by atomic mass is 19.1. The van der Waals surface area contributed by atoms with Crippen LogP contribution in [0.3, 0.4) is 0 Å². The average Bonchev–Trinajstić information content (AvgIpc) is 2.43. The molecule has 0 heterocycles. The Morgan fingerprint density at radius 2 is 1.95 bits per heavy atom. The number of halogens is 1. The van der Waals surface area contributed by atoms with Gasteiger partial charge in [-0.05, 0) is 50.5 Å². The Morgan fingerprint density at radius 3 is 2.43 bits per heavy atom. The second-order valence-corrected chi connectivity index (χ2v) is 6.48. The number of hydrogen-bond acceptors (Lipinski definition) is 1. The molecular formula is C18H28FNO. The van der Waals surface area contributed by atoms with Crippen LogP contribution in [0.2, 0.25) is 0 Å². The number of aryl methyl sites for hydroxylation is 1. The minimum Gasteiger partial charge on any atom is -0.309 e. The molecule has 21 heavy (non-hydrogen) atoms. The van der Waals surface area contributed by atoms with Gasteiger partial charge in [0.05, 0.1) is 0 Å². The van der Waals surface area contributed by atoms with E-state index in [1.807, 2.05) is 25.7 Å². The van der Waals surface area contributed by atoms with Gasteiger partial charge < -0.3 is 4.90 Å². The lowest BCUT2D eigenvalue weighted by atomic mass is 9.87. The van der Waals surface area contributed by atoms with E-state index in [4.69, 9.17) is 0 Å². The zero-order valence-corrected chi connectivity index (χ0v) is 14.2. The molecule has 0 aromatic heterocycles. The summed E-state index contributed by atoms with van der Waals surface area (Å²) in [5.74, 6) is -0.124. The minimum atomic E-state index is -0.412. The molecule has 0 N–H and O–H groups in total. The summed E-state index contributed by atoms with van der Waals surface area (Å²) in [6.45, 7) is 11.9. The number of rotatable bonds is 6. The third-order valence-corrected chi connectivity index (χ3v) is 4.25. The summed E-state index contributed by atoms with van der Waals surface area (Å²) in [4.78, 5) is 14.8. The normalized spacial score (nSPS) is 13.1. The third-order valence-electron chi connectivity index (χ3n) is 4.25. The Labute approximate surface area is 128 Å². The van der Waals surface area contributed by atoms with Crippen molar-refractivity contribution in [3.8, 4) is 0 Å². The number of benzene rings is 1. The van der Waals surface area contributed by atoms with Gasteiger partial charge in [0.15, 0.2) is 0 Å². The highest BCUT2D eigenvalue weighted by molar-refractivity contribution is 5.97. The summed E-state index contributed by atoms with van der Waals surface area (Å²) in [7, 11) is 0. The van der Waals surface area contributed by atoms with E-state index >= 15 is 0 Å². The van der Waals surface area contributed by atoms with Crippen molar-refractivity contribution in [3.05, 3.63) is 29.6 Å². The fraction of sp³-hybridized carbons (Fsp3) is 0.611. The molecule has 3 heteroatoms. The van der Waals surface area contributed by atoms with Gasteiger partial charge in [0, 0.05) is 17.1 Å². The summed E-state index contributed by atoms with van der Waals surface area (Å²) in [5, 5.41) is 0. The van der Waals surface area contributed by atoms with Gasteiger partial charge in [-0.2, -0.15) is 0 Å². The number of hydrogen-bond donors (Lipinski definition) is 0. The molecule has 0 bridgehead atoms. The highest BCUT2D eigenvalue weighted by Gasteiger charge is 2.33. The van der Waals surface area contributed by atoms with Crippen LogP contribution < -0.4 is 4.90 Å². The lowest BCUT2D eigenvalue weighted by Gasteiger charge is -2.36. The van der Waals surface area contributed by atoms with Crippen LogP contribution in [0.15, 0.2) is 18.2 Å². The van der Waals surface area contributed by atoms with Crippen LogP contribution in [-0.4, -0.2) is 11.9 Å². The summed E-state index contributed by atoms with van der Waals surface area (Å²) in [6.07, 6.45) is 2.72. The van der Waals surface area contributed by atoms with Gasteiger partial charge in [0.1, 0.15) is 5.82 Å². The van der Waals surface area contributed by atoms with Crippen molar-refractivity contribution in [2.75, 3.05) is 4.90 Å². The predicted molar refractivity (Wildman–Crippen MR) is 87.1 cm³/mol. The van der Waals surface area contributed by atoms with E-state index < -0.39 is 5.41 Å². The molecule has 0 saturated carbocycles. The van der Waals surface area contributed by atoms with Crippen molar-refractivity contribution >= 4 is 11.6 Å². The molecule has 0 aliphatic rings. The van der Waals surface area contributed by atoms with Crippen LogP contribution >= 0.6 is 0 Å². The second-order valence-electron chi connectivity index (χ2n) is 6.48. The molecule has 0 saturated heterocycles. The zero-order valence-electron chi connectivity index (χ0n) is 14.2. The van der Waals surface area contributed by atoms with E-state index in [-0.39, 0.29) is 17.8 Å². The summed E-state index contributed by atoms with van der Waals surface area (Å²) >= 11 is 0.